The lowest BCUT2D eigenvalue weighted by atomic mass is 10.1. The summed E-state index contributed by atoms with van der Waals surface area (Å²) in [5, 5.41) is 11.7. The van der Waals surface area contributed by atoms with Gasteiger partial charge in [0.15, 0.2) is 0 Å². The van der Waals surface area contributed by atoms with Gasteiger partial charge in [-0.2, -0.15) is 0 Å². The summed E-state index contributed by atoms with van der Waals surface area (Å²) >= 11 is 0. The minimum absolute atomic E-state index is 0.195. The van der Waals surface area contributed by atoms with Gasteiger partial charge in [0.25, 0.3) is 0 Å². The van der Waals surface area contributed by atoms with E-state index in [1.165, 1.54) is 13.2 Å². The molecule has 0 spiro atoms. The first kappa shape index (κ1) is 14.2. The highest BCUT2D eigenvalue weighted by Crippen LogP contribution is 2.13. The van der Waals surface area contributed by atoms with Crippen LogP contribution in [0, 0.1) is 5.92 Å². The molecule has 1 aromatic rings. The van der Waals surface area contributed by atoms with Crippen molar-refractivity contribution in [3.63, 3.8) is 0 Å². The van der Waals surface area contributed by atoms with E-state index in [0.717, 1.165) is 0 Å². The average Bonchev–Trinajstić information content (AvgIpc) is 2.39. The maximum Gasteiger partial charge on any atom is 0.337 e. The van der Waals surface area contributed by atoms with Gasteiger partial charge < -0.3 is 15.2 Å². The molecule has 0 radical (unpaired) electrons. The van der Waals surface area contributed by atoms with Crippen LogP contribution < -0.4 is 5.32 Å². The Morgan fingerprint density at radius 3 is 2.72 bits per heavy atom. The number of amides is 1. The molecule has 1 atom stereocenters. The zero-order valence-corrected chi connectivity index (χ0v) is 10.5. The average molecular weight is 251 g/mol. The molecular weight excluding hydrogens is 234 g/mol. The maximum absolute atomic E-state index is 11.7. The molecule has 0 aliphatic carbocycles. The molecule has 18 heavy (non-hydrogen) atoms. The number of ether oxygens (including phenoxy) is 1. The van der Waals surface area contributed by atoms with Gasteiger partial charge in [0.05, 0.1) is 25.2 Å². The predicted octanol–water partition coefficient (Wildman–Crippen LogP) is 1.43. The van der Waals surface area contributed by atoms with Crippen LogP contribution in [-0.2, 0) is 9.53 Å². The van der Waals surface area contributed by atoms with E-state index in [-0.39, 0.29) is 12.5 Å². The number of hydrogen-bond donors (Lipinski definition) is 2. The Kier molecular flexibility index (Phi) is 5.32. The number of hydrogen-bond acceptors (Lipinski definition) is 4. The van der Waals surface area contributed by atoms with E-state index in [2.05, 4.69) is 10.1 Å². The van der Waals surface area contributed by atoms with Crippen LogP contribution in [-0.4, -0.2) is 30.7 Å². The Morgan fingerprint density at radius 2 is 2.17 bits per heavy atom. The normalized spacial score (nSPS) is 11.7. The van der Waals surface area contributed by atoms with Gasteiger partial charge in [-0.25, -0.2) is 4.79 Å². The number of carbonyl (C=O) groups excluding carboxylic acids is 2. The number of esters is 1. The predicted molar refractivity (Wildman–Crippen MR) is 67.3 cm³/mol. The van der Waals surface area contributed by atoms with Crippen molar-refractivity contribution < 1.29 is 19.4 Å². The van der Waals surface area contributed by atoms with Crippen molar-refractivity contribution in [2.24, 2.45) is 5.92 Å². The van der Waals surface area contributed by atoms with E-state index < -0.39 is 11.9 Å². The first-order valence-electron chi connectivity index (χ1n) is 5.72. The van der Waals surface area contributed by atoms with Gasteiger partial charge in [-0.15, -0.1) is 0 Å². The van der Waals surface area contributed by atoms with Crippen LogP contribution in [0.15, 0.2) is 24.3 Å². The monoisotopic (exact) mass is 251 g/mol. The molecule has 0 bridgehead atoms. The Balaban J connectivity index is 2.79. The minimum Gasteiger partial charge on any atom is -0.465 e. The summed E-state index contributed by atoms with van der Waals surface area (Å²) in [5.74, 6) is -1.16. The molecule has 5 heteroatoms. The van der Waals surface area contributed by atoms with Crippen molar-refractivity contribution in [1.29, 1.82) is 0 Å². The number of aliphatic hydroxyl groups excluding tert-OH is 1. The van der Waals surface area contributed by atoms with Crippen LogP contribution >= 0.6 is 0 Å². The van der Waals surface area contributed by atoms with Gasteiger partial charge in [0, 0.05) is 5.69 Å². The number of rotatable bonds is 5. The molecule has 0 saturated carbocycles. The number of benzene rings is 1. The molecule has 5 nitrogen and oxygen atoms in total. The van der Waals surface area contributed by atoms with Crippen molar-refractivity contribution in [1.82, 2.24) is 0 Å². The fraction of sp³-hybridized carbons (Fsp3) is 0.385. The van der Waals surface area contributed by atoms with Gasteiger partial charge in [-0.3, -0.25) is 4.79 Å². The van der Waals surface area contributed by atoms with Crippen molar-refractivity contribution in [3.05, 3.63) is 29.8 Å². The van der Waals surface area contributed by atoms with Gasteiger partial charge in [-0.1, -0.05) is 13.0 Å². The number of carbonyl (C=O) groups is 2. The highest BCUT2D eigenvalue weighted by Gasteiger charge is 2.15. The summed E-state index contributed by atoms with van der Waals surface area (Å²) in [6, 6.07) is 6.47. The van der Waals surface area contributed by atoms with Gasteiger partial charge in [0.1, 0.15) is 0 Å². The molecule has 98 valence electrons. The second-order valence-corrected chi connectivity index (χ2v) is 3.85. The highest BCUT2D eigenvalue weighted by molar-refractivity contribution is 5.95. The number of aliphatic hydroxyl groups is 1. The smallest absolute Gasteiger partial charge is 0.337 e. The SMILES string of the molecule is CCC(CO)C(=O)Nc1cccc(C(=O)OC)c1. The van der Waals surface area contributed by atoms with E-state index in [9.17, 15) is 9.59 Å². The summed E-state index contributed by atoms with van der Waals surface area (Å²) < 4.78 is 4.59. The Labute approximate surface area is 106 Å². The third kappa shape index (κ3) is 3.56. The largest absolute Gasteiger partial charge is 0.465 e. The molecule has 1 aromatic carbocycles. The van der Waals surface area contributed by atoms with E-state index >= 15 is 0 Å². The Morgan fingerprint density at radius 1 is 1.44 bits per heavy atom. The summed E-state index contributed by atoms with van der Waals surface area (Å²) in [4.78, 5) is 23.1. The molecule has 0 saturated heterocycles. The summed E-state index contributed by atoms with van der Waals surface area (Å²) in [6.07, 6.45) is 0.555. The van der Waals surface area contributed by atoms with Crippen molar-refractivity contribution >= 4 is 17.6 Å². The van der Waals surface area contributed by atoms with E-state index in [4.69, 9.17) is 5.11 Å². The van der Waals surface area contributed by atoms with E-state index in [0.29, 0.717) is 17.7 Å². The van der Waals surface area contributed by atoms with Crippen molar-refractivity contribution in [2.45, 2.75) is 13.3 Å². The van der Waals surface area contributed by atoms with Crippen LogP contribution in [0.4, 0.5) is 5.69 Å². The third-order valence-electron chi connectivity index (χ3n) is 2.64. The topological polar surface area (TPSA) is 75.6 Å². The van der Waals surface area contributed by atoms with Crippen LogP contribution in [0.3, 0.4) is 0 Å². The molecule has 0 aromatic heterocycles. The third-order valence-corrected chi connectivity index (χ3v) is 2.64. The molecular formula is C13H17NO4. The van der Waals surface area contributed by atoms with E-state index in [1.54, 1.807) is 18.2 Å². The fourth-order valence-corrected chi connectivity index (χ4v) is 1.48. The molecule has 0 fully saturated rings. The Hall–Kier alpha value is -1.88. The molecule has 1 amide bonds. The van der Waals surface area contributed by atoms with Crippen LogP contribution in [0.5, 0.6) is 0 Å². The molecule has 2 N–H and O–H groups in total. The van der Waals surface area contributed by atoms with Gasteiger partial charge in [-0.05, 0) is 24.6 Å². The first-order chi connectivity index (χ1) is 8.62. The highest BCUT2D eigenvalue weighted by atomic mass is 16.5. The number of nitrogens with one attached hydrogen (secondary N) is 1. The number of anilines is 1. The molecule has 0 aliphatic rings. The molecule has 1 rings (SSSR count). The molecule has 1 unspecified atom stereocenters. The Bertz CT molecular complexity index is 427. The maximum atomic E-state index is 11.7. The second kappa shape index (κ2) is 6.76. The summed E-state index contributed by atoms with van der Waals surface area (Å²) in [6.45, 7) is 1.63. The molecule has 0 aliphatic heterocycles. The van der Waals surface area contributed by atoms with E-state index in [1.807, 2.05) is 6.92 Å². The van der Waals surface area contributed by atoms with Crippen molar-refractivity contribution in [3.8, 4) is 0 Å². The second-order valence-electron chi connectivity index (χ2n) is 3.85. The lowest BCUT2D eigenvalue weighted by Gasteiger charge is -2.12. The quantitative estimate of drug-likeness (QED) is 0.776. The summed E-state index contributed by atoms with van der Waals surface area (Å²) in [7, 11) is 1.30. The lowest BCUT2D eigenvalue weighted by molar-refractivity contribution is -0.121. The minimum atomic E-state index is -0.458. The van der Waals surface area contributed by atoms with Crippen LogP contribution in [0.2, 0.25) is 0 Å². The standard InChI is InChI=1S/C13H17NO4/c1-3-9(8-15)12(16)14-11-6-4-5-10(7-11)13(17)18-2/h4-7,9,15H,3,8H2,1-2H3,(H,14,16). The number of methoxy groups -OCH3 is 1. The zero-order chi connectivity index (χ0) is 13.5. The summed E-state index contributed by atoms with van der Waals surface area (Å²) in [5.41, 5.74) is 0.877. The van der Waals surface area contributed by atoms with Gasteiger partial charge in [0.2, 0.25) is 5.91 Å². The van der Waals surface area contributed by atoms with Gasteiger partial charge >= 0.3 is 5.97 Å². The fourth-order valence-electron chi connectivity index (χ4n) is 1.48. The van der Waals surface area contributed by atoms with Crippen LogP contribution in [0.25, 0.3) is 0 Å². The zero-order valence-electron chi connectivity index (χ0n) is 10.5. The molecule has 0 heterocycles. The lowest BCUT2D eigenvalue weighted by Crippen LogP contribution is -2.25. The van der Waals surface area contributed by atoms with Crippen LogP contribution in [0.1, 0.15) is 23.7 Å². The first-order valence-corrected chi connectivity index (χ1v) is 5.72. The van der Waals surface area contributed by atoms with Crippen molar-refractivity contribution in [2.75, 3.05) is 19.0 Å².